The SMILES string of the molecule is Cc1ccc(C(=O)Nc2ccc(N3CCN(COC(=O)C(C)(C)C)CC3)cc2)cc1Nc1nccc(-c2cccnc2)n1. The minimum absolute atomic E-state index is 0.189. The largest absolute Gasteiger partial charge is 0.449 e. The van der Waals surface area contributed by atoms with E-state index in [1.54, 1.807) is 30.7 Å². The molecule has 0 bridgehead atoms. The molecule has 0 unspecified atom stereocenters. The number of hydrogen-bond donors (Lipinski definition) is 2. The molecule has 222 valence electrons. The van der Waals surface area contributed by atoms with Crippen molar-refractivity contribution in [2.45, 2.75) is 27.7 Å². The lowest BCUT2D eigenvalue weighted by Crippen LogP contribution is -2.47. The number of aryl methyl sites for hydroxylation is 1. The average molecular weight is 580 g/mol. The Kier molecular flexibility index (Phi) is 8.96. The fourth-order valence-corrected chi connectivity index (χ4v) is 4.57. The van der Waals surface area contributed by atoms with E-state index >= 15 is 0 Å². The fourth-order valence-electron chi connectivity index (χ4n) is 4.57. The highest BCUT2D eigenvalue weighted by Gasteiger charge is 2.25. The molecule has 10 nitrogen and oxygen atoms in total. The maximum Gasteiger partial charge on any atom is 0.312 e. The highest BCUT2D eigenvalue weighted by molar-refractivity contribution is 6.05. The smallest absolute Gasteiger partial charge is 0.312 e. The van der Waals surface area contributed by atoms with Crippen LogP contribution >= 0.6 is 0 Å². The molecule has 4 aromatic rings. The summed E-state index contributed by atoms with van der Waals surface area (Å²) in [4.78, 5) is 42.7. The van der Waals surface area contributed by atoms with E-state index in [-0.39, 0.29) is 11.9 Å². The maximum absolute atomic E-state index is 13.1. The quantitative estimate of drug-likeness (QED) is 0.261. The number of nitrogens with zero attached hydrogens (tertiary/aromatic N) is 5. The van der Waals surface area contributed by atoms with Crippen LogP contribution in [0.15, 0.2) is 79.3 Å². The van der Waals surface area contributed by atoms with Gasteiger partial charge in [0.05, 0.1) is 11.1 Å². The zero-order valence-electron chi connectivity index (χ0n) is 25.0. The first-order chi connectivity index (χ1) is 20.7. The van der Waals surface area contributed by atoms with Gasteiger partial charge >= 0.3 is 5.97 Å². The molecule has 2 aromatic heterocycles. The molecular weight excluding hydrogens is 542 g/mol. The highest BCUT2D eigenvalue weighted by Crippen LogP contribution is 2.24. The van der Waals surface area contributed by atoms with Crippen LogP contribution in [-0.4, -0.2) is 64.6 Å². The van der Waals surface area contributed by atoms with Crippen LogP contribution in [0.2, 0.25) is 0 Å². The Labute approximate surface area is 252 Å². The van der Waals surface area contributed by atoms with E-state index in [1.807, 2.05) is 76.2 Å². The number of ether oxygens (including phenoxy) is 1. The van der Waals surface area contributed by atoms with Crippen LogP contribution in [0.4, 0.5) is 23.0 Å². The van der Waals surface area contributed by atoms with Gasteiger partial charge in [0, 0.05) is 73.0 Å². The average Bonchev–Trinajstić information content (AvgIpc) is 3.01. The Hall–Kier alpha value is -4.83. The van der Waals surface area contributed by atoms with Gasteiger partial charge in [0.1, 0.15) is 6.73 Å². The van der Waals surface area contributed by atoms with Gasteiger partial charge in [-0.1, -0.05) is 6.07 Å². The van der Waals surface area contributed by atoms with Crippen molar-refractivity contribution in [1.82, 2.24) is 19.9 Å². The molecule has 2 N–H and O–H groups in total. The predicted molar refractivity (Wildman–Crippen MR) is 168 cm³/mol. The summed E-state index contributed by atoms with van der Waals surface area (Å²) in [5.41, 5.74) is 5.17. The number of nitrogens with one attached hydrogen (secondary N) is 2. The van der Waals surface area contributed by atoms with Crippen molar-refractivity contribution >= 4 is 34.9 Å². The summed E-state index contributed by atoms with van der Waals surface area (Å²) < 4.78 is 5.46. The number of carbonyl (C=O) groups is 2. The van der Waals surface area contributed by atoms with Crippen LogP contribution in [0.3, 0.4) is 0 Å². The molecule has 1 aliphatic heterocycles. The first-order valence-corrected chi connectivity index (χ1v) is 14.3. The van der Waals surface area contributed by atoms with E-state index in [1.165, 1.54) is 0 Å². The van der Waals surface area contributed by atoms with Gasteiger partial charge < -0.3 is 20.3 Å². The van der Waals surface area contributed by atoms with Crippen LogP contribution in [0.5, 0.6) is 0 Å². The summed E-state index contributed by atoms with van der Waals surface area (Å²) in [6.07, 6.45) is 5.17. The molecule has 2 aromatic carbocycles. The monoisotopic (exact) mass is 579 g/mol. The van der Waals surface area contributed by atoms with Crippen LogP contribution < -0.4 is 15.5 Å². The maximum atomic E-state index is 13.1. The first kappa shape index (κ1) is 29.7. The molecular formula is C33H37N7O3. The number of amides is 1. The third kappa shape index (κ3) is 7.72. The van der Waals surface area contributed by atoms with Crippen LogP contribution in [0, 0.1) is 12.3 Å². The molecule has 0 aliphatic carbocycles. The molecule has 0 radical (unpaired) electrons. The van der Waals surface area contributed by atoms with Crippen molar-refractivity contribution in [2.75, 3.05) is 48.4 Å². The molecule has 1 fully saturated rings. The van der Waals surface area contributed by atoms with E-state index in [0.29, 0.717) is 23.9 Å². The molecule has 43 heavy (non-hydrogen) atoms. The normalized spacial score (nSPS) is 13.8. The van der Waals surface area contributed by atoms with Gasteiger partial charge in [-0.15, -0.1) is 0 Å². The van der Waals surface area contributed by atoms with E-state index < -0.39 is 5.41 Å². The Balaban J connectivity index is 1.16. The Morgan fingerprint density at radius 3 is 2.42 bits per heavy atom. The van der Waals surface area contributed by atoms with Gasteiger partial charge in [0.25, 0.3) is 5.91 Å². The van der Waals surface area contributed by atoms with E-state index in [2.05, 4.69) is 35.4 Å². The minimum atomic E-state index is -0.500. The molecule has 3 heterocycles. The van der Waals surface area contributed by atoms with Gasteiger partial charge in [-0.05, 0) is 87.9 Å². The number of esters is 1. The third-order valence-electron chi connectivity index (χ3n) is 7.21. The van der Waals surface area contributed by atoms with E-state index in [9.17, 15) is 9.59 Å². The molecule has 1 aliphatic rings. The molecule has 0 saturated carbocycles. The number of anilines is 4. The number of aromatic nitrogens is 3. The zero-order chi connectivity index (χ0) is 30.4. The molecule has 1 saturated heterocycles. The highest BCUT2D eigenvalue weighted by atomic mass is 16.5. The van der Waals surface area contributed by atoms with Crippen LogP contribution in [0.1, 0.15) is 36.7 Å². The van der Waals surface area contributed by atoms with Gasteiger partial charge in [0.15, 0.2) is 0 Å². The van der Waals surface area contributed by atoms with Gasteiger partial charge in [-0.2, -0.15) is 0 Å². The van der Waals surface area contributed by atoms with Crippen LogP contribution in [0.25, 0.3) is 11.3 Å². The second kappa shape index (κ2) is 13.0. The topological polar surface area (TPSA) is 113 Å². The number of hydrogen-bond acceptors (Lipinski definition) is 9. The Morgan fingerprint density at radius 2 is 1.72 bits per heavy atom. The van der Waals surface area contributed by atoms with Gasteiger partial charge in [0.2, 0.25) is 5.95 Å². The molecule has 1 amide bonds. The zero-order valence-corrected chi connectivity index (χ0v) is 25.0. The fraction of sp³-hybridized carbons (Fsp3) is 0.303. The Bertz CT molecular complexity index is 1560. The summed E-state index contributed by atoms with van der Waals surface area (Å²) >= 11 is 0. The molecule has 10 heteroatoms. The third-order valence-corrected chi connectivity index (χ3v) is 7.21. The summed E-state index contributed by atoms with van der Waals surface area (Å²) in [5, 5.41) is 6.25. The standard InChI is InChI=1S/C33H37N7O3/c1-23-7-8-24(20-29(23)38-32-35-15-13-28(37-32)25-6-5-14-34-21-25)30(41)36-26-9-11-27(12-10-26)40-18-16-39(17-19-40)22-43-31(42)33(2,3)4/h5-15,20-21H,16-19,22H2,1-4H3,(H,36,41)(H,35,37,38). The predicted octanol–water partition coefficient (Wildman–Crippen LogP) is 5.51. The number of rotatable bonds is 8. The van der Waals surface area contributed by atoms with Crippen molar-refractivity contribution in [3.8, 4) is 11.3 Å². The van der Waals surface area contributed by atoms with Crippen molar-refractivity contribution in [1.29, 1.82) is 0 Å². The van der Waals surface area contributed by atoms with Crippen molar-refractivity contribution in [3.63, 3.8) is 0 Å². The van der Waals surface area contributed by atoms with E-state index in [4.69, 9.17) is 4.74 Å². The lowest BCUT2D eigenvalue weighted by molar-refractivity contribution is -0.158. The van der Waals surface area contributed by atoms with Crippen LogP contribution in [-0.2, 0) is 9.53 Å². The lowest BCUT2D eigenvalue weighted by atomic mass is 9.98. The molecule has 0 spiro atoms. The van der Waals surface area contributed by atoms with Gasteiger partial charge in [-0.25, -0.2) is 9.97 Å². The number of pyridine rings is 1. The number of carbonyl (C=O) groups excluding carboxylic acids is 2. The summed E-state index contributed by atoms with van der Waals surface area (Å²) in [6.45, 7) is 11.1. The second-order valence-electron chi connectivity index (χ2n) is 11.6. The van der Waals surface area contributed by atoms with Crippen molar-refractivity contribution < 1.29 is 14.3 Å². The van der Waals surface area contributed by atoms with Gasteiger partial charge in [-0.3, -0.25) is 19.5 Å². The summed E-state index contributed by atoms with van der Waals surface area (Å²) in [7, 11) is 0. The molecule has 5 rings (SSSR count). The van der Waals surface area contributed by atoms with Crippen molar-refractivity contribution in [3.05, 3.63) is 90.4 Å². The molecule has 0 atom stereocenters. The summed E-state index contributed by atoms with van der Waals surface area (Å²) in [6, 6.07) is 19.0. The minimum Gasteiger partial charge on any atom is -0.449 e. The Morgan fingerprint density at radius 1 is 0.953 bits per heavy atom. The summed E-state index contributed by atoms with van der Waals surface area (Å²) in [5.74, 6) is 0.0369. The number of benzene rings is 2. The van der Waals surface area contributed by atoms with E-state index in [0.717, 1.165) is 54.4 Å². The van der Waals surface area contributed by atoms with Crippen molar-refractivity contribution in [2.24, 2.45) is 5.41 Å². The lowest BCUT2D eigenvalue weighted by Gasteiger charge is -2.36. The number of piperazine rings is 1. The second-order valence-corrected chi connectivity index (χ2v) is 11.6. The first-order valence-electron chi connectivity index (χ1n) is 14.3.